The number of hydrazine groups is 1. The van der Waals surface area contributed by atoms with Crippen LogP contribution in [0.4, 0.5) is 4.39 Å². The van der Waals surface area contributed by atoms with Crippen molar-refractivity contribution in [1.29, 1.82) is 0 Å². The van der Waals surface area contributed by atoms with Crippen LogP contribution < -0.4 is 21.1 Å². The standard InChI is InChI=1S/C18H20ClFN4O3/c1-12-5-7-21-17(9-12)18(25)23-13(2)6-8-22-24-27-11-26-14-3-4-15(19)16(20)10-14/h3-5,7,9-10,22,24H,2,6,8,11H2,1H3,(H,23,25). The van der Waals surface area contributed by atoms with Crippen LogP contribution in [0.2, 0.25) is 5.02 Å². The van der Waals surface area contributed by atoms with E-state index in [4.69, 9.17) is 21.2 Å². The van der Waals surface area contributed by atoms with E-state index in [2.05, 4.69) is 27.9 Å². The van der Waals surface area contributed by atoms with Gasteiger partial charge in [-0.1, -0.05) is 18.2 Å². The number of aryl methyl sites for hydroxylation is 1. The molecule has 1 aromatic heterocycles. The minimum Gasteiger partial charge on any atom is -0.466 e. The van der Waals surface area contributed by atoms with Crippen molar-refractivity contribution in [3.8, 4) is 5.75 Å². The lowest BCUT2D eigenvalue weighted by atomic mass is 10.2. The van der Waals surface area contributed by atoms with E-state index in [1.54, 1.807) is 12.3 Å². The second-order valence-electron chi connectivity index (χ2n) is 5.54. The molecule has 1 amide bonds. The Bertz CT molecular complexity index is 804. The van der Waals surface area contributed by atoms with Crippen molar-refractivity contribution < 1.29 is 18.8 Å². The van der Waals surface area contributed by atoms with Gasteiger partial charge in [0.25, 0.3) is 5.91 Å². The molecule has 1 heterocycles. The van der Waals surface area contributed by atoms with Gasteiger partial charge in [0, 0.05) is 30.9 Å². The van der Waals surface area contributed by atoms with Crippen LogP contribution in [-0.4, -0.2) is 24.2 Å². The van der Waals surface area contributed by atoms with Crippen molar-refractivity contribution in [3.05, 3.63) is 70.9 Å². The lowest BCUT2D eigenvalue weighted by Crippen LogP contribution is -2.35. The minimum absolute atomic E-state index is 0.0218. The number of carbonyl (C=O) groups is 1. The quantitative estimate of drug-likeness (QED) is 0.326. The van der Waals surface area contributed by atoms with Gasteiger partial charge in [0.2, 0.25) is 6.79 Å². The van der Waals surface area contributed by atoms with E-state index in [0.29, 0.717) is 30.1 Å². The number of nitrogens with one attached hydrogen (secondary N) is 3. The number of hydrogen-bond donors (Lipinski definition) is 3. The number of aromatic nitrogens is 1. The van der Waals surface area contributed by atoms with E-state index in [0.717, 1.165) is 11.6 Å². The molecule has 0 saturated heterocycles. The highest BCUT2D eigenvalue weighted by atomic mass is 35.5. The number of hydrogen-bond acceptors (Lipinski definition) is 6. The summed E-state index contributed by atoms with van der Waals surface area (Å²) in [7, 11) is 0. The van der Waals surface area contributed by atoms with Crippen LogP contribution in [0, 0.1) is 12.7 Å². The molecule has 0 spiro atoms. The zero-order chi connectivity index (χ0) is 19.6. The molecule has 0 aliphatic rings. The fourth-order valence-electron chi connectivity index (χ4n) is 1.96. The number of halogens is 2. The molecule has 0 bridgehead atoms. The zero-order valence-corrected chi connectivity index (χ0v) is 15.5. The van der Waals surface area contributed by atoms with Crippen LogP contribution in [0.25, 0.3) is 0 Å². The SMILES string of the molecule is C=C(CCNNOCOc1ccc(Cl)c(F)c1)NC(=O)c1cc(C)ccn1. The number of ether oxygens (including phenoxy) is 1. The maximum Gasteiger partial charge on any atom is 0.273 e. The van der Waals surface area contributed by atoms with E-state index in [-0.39, 0.29) is 17.7 Å². The first kappa shape index (κ1) is 20.8. The lowest BCUT2D eigenvalue weighted by Gasteiger charge is -2.11. The molecule has 0 atom stereocenters. The third kappa shape index (κ3) is 7.32. The van der Waals surface area contributed by atoms with E-state index in [1.165, 1.54) is 12.1 Å². The highest BCUT2D eigenvalue weighted by Crippen LogP contribution is 2.20. The Morgan fingerprint density at radius 1 is 1.33 bits per heavy atom. The summed E-state index contributed by atoms with van der Waals surface area (Å²) in [5.74, 6) is -0.585. The summed E-state index contributed by atoms with van der Waals surface area (Å²) < 4.78 is 18.4. The van der Waals surface area contributed by atoms with Gasteiger partial charge in [-0.05, 0) is 36.8 Å². The number of benzene rings is 1. The second kappa shape index (κ2) is 10.6. The Kier molecular flexibility index (Phi) is 8.15. The summed E-state index contributed by atoms with van der Waals surface area (Å²) in [5, 5.41) is 2.70. The third-order valence-corrected chi connectivity index (χ3v) is 3.62. The third-order valence-electron chi connectivity index (χ3n) is 3.31. The molecule has 2 rings (SSSR count). The van der Waals surface area contributed by atoms with Crippen molar-refractivity contribution in [1.82, 2.24) is 21.3 Å². The maximum atomic E-state index is 13.2. The molecule has 144 valence electrons. The summed E-state index contributed by atoms with van der Waals surface area (Å²) in [6, 6.07) is 7.59. The van der Waals surface area contributed by atoms with Crippen molar-refractivity contribution in [2.45, 2.75) is 13.3 Å². The normalized spacial score (nSPS) is 10.5. The molecule has 27 heavy (non-hydrogen) atoms. The van der Waals surface area contributed by atoms with Gasteiger partial charge in [-0.3, -0.25) is 9.78 Å². The summed E-state index contributed by atoms with van der Waals surface area (Å²) in [4.78, 5) is 21.0. The Morgan fingerprint density at radius 3 is 2.89 bits per heavy atom. The molecule has 1 aromatic carbocycles. The highest BCUT2D eigenvalue weighted by molar-refractivity contribution is 6.30. The molecule has 0 aliphatic carbocycles. The Labute approximate surface area is 161 Å². The molecule has 0 saturated carbocycles. The molecule has 0 aliphatic heterocycles. The van der Waals surface area contributed by atoms with Crippen LogP contribution in [0.3, 0.4) is 0 Å². The predicted octanol–water partition coefficient (Wildman–Crippen LogP) is 2.88. The number of rotatable bonds is 10. The smallest absolute Gasteiger partial charge is 0.273 e. The molecule has 9 heteroatoms. The minimum atomic E-state index is -0.568. The Balaban J connectivity index is 1.56. The summed E-state index contributed by atoms with van der Waals surface area (Å²) >= 11 is 5.58. The topological polar surface area (TPSA) is 84.5 Å². The molecule has 7 nitrogen and oxygen atoms in total. The molecule has 3 N–H and O–H groups in total. The van der Waals surface area contributed by atoms with Gasteiger partial charge < -0.3 is 10.1 Å². The number of amides is 1. The monoisotopic (exact) mass is 394 g/mol. The van der Waals surface area contributed by atoms with Crippen LogP contribution >= 0.6 is 11.6 Å². The second-order valence-corrected chi connectivity index (χ2v) is 5.94. The number of carbonyl (C=O) groups excluding carboxylic acids is 1. The van der Waals surface area contributed by atoms with Gasteiger partial charge in [-0.2, -0.15) is 0 Å². The first-order valence-electron chi connectivity index (χ1n) is 8.05. The largest absolute Gasteiger partial charge is 0.466 e. The van der Waals surface area contributed by atoms with Crippen molar-refractivity contribution >= 4 is 17.5 Å². The van der Waals surface area contributed by atoms with Crippen molar-refractivity contribution in [2.24, 2.45) is 0 Å². The molecule has 0 unspecified atom stereocenters. The summed E-state index contributed by atoms with van der Waals surface area (Å²) in [6.07, 6.45) is 2.05. The van der Waals surface area contributed by atoms with Gasteiger partial charge in [-0.15, -0.1) is 5.59 Å². The van der Waals surface area contributed by atoms with Crippen molar-refractivity contribution in [3.63, 3.8) is 0 Å². The van der Waals surface area contributed by atoms with E-state index in [9.17, 15) is 9.18 Å². The summed E-state index contributed by atoms with van der Waals surface area (Å²) in [5.41, 5.74) is 7.06. The van der Waals surface area contributed by atoms with E-state index < -0.39 is 5.82 Å². The number of pyridine rings is 1. The molecular formula is C18H20ClFN4O3. The predicted molar refractivity (Wildman–Crippen MR) is 99.3 cm³/mol. The molecule has 0 fully saturated rings. The van der Waals surface area contributed by atoms with Gasteiger partial charge in [0.05, 0.1) is 5.02 Å². The fraction of sp³-hybridized carbons (Fsp3) is 0.222. The first-order valence-corrected chi connectivity index (χ1v) is 8.43. The molecular weight excluding hydrogens is 375 g/mol. The number of nitrogens with zero attached hydrogens (tertiary/aromatic N) is 1. The summed E-state index contributed by atoms with van der Waals surface area (Å²) in [6.45, 7) is 5.97. The van der Waals surface area contributed by atoms with Crippen LogP contribution in [0.1, 0.15) is 22.5 Å². The van der Waals surface area contributed by atoms with Gasteiger partial charge >= 0.3 is 0 Å². The maximum absolute atomic E-state index is 13.2. The van der Waals surface area contributed by atoms with Crippen LogP contribution in [0.15, 0.2) is 48.8 Å². The van der Waals surface area contributed by atoms with Gasteiger partial charge in [0.1, 0.15) is 17.3 Å². The Hall–Kier alpha value is -2.52. The molecule has 0 radical (unpaired) electrons. The fourth-order valence-corrected chi connectivity index (χ4v) is 2.07. The van der Waals surface area contributed by atoms with Crippen molar-refractivity contribution in [2.75, 3.05) is 13.3 Å². The van der Waals surface area contributed by atoms with E-state index >= 15 is 0 Å². The zero-order valence-electron chi connectivity index (χ0n) is 14.7. The molecule has 2 aromatic rings. The van der Waals surface area contributed by atoms with Gasteiger partial charge in [0.15, 0.2) is 0 Å². The average Bonchev–Trinajstić information content (AvgIpc) is 2.63. The lowest BCUT2D eigenvalue weighted by molar-refractivity contribution is -0.0666. The Morgan fingerprint density at radius 2 is 2.15 bits per heavy atom. The average molecular weight is 395 g/mol. The van der Waals surface area contributed by atoms with E-state index in [1.807, 2.05) is 13.0 Å². The van der Waals surface area contributed by atoms with Crippen LogP contribution in [-0.2, 0) is 4.84 Å². The highest BCUT2D eigenvalue weighted by Gasteiger charge is 2.08. The first-order chi connectivity index (χ1) is 13.0. The van der Waals surface area contributed by atoms with Crippen LogP contribution in [0.5, 0.6) is 5.75 Å². The van der Waals surface area contributed by atoms with Gasteiger partial charge in [-0.25, -0.2) is 14.7 Å².